The summed E-state index contributed by atoms with van der Waals surface area (Å²) in [5.41, 5.74) is -0.247. The highest BCUT2D eigenvalue weighted by molar-refractivity contribution is 5.94. The summed E-state index contributed by atoms with van der Waals surface area (Å²) in [7, 11) is 0. The van der Waals surface area contributed by atoms with E-state index in [-0.39, 0.29) is 11.3 Å². The summed E-state index contributed by atoms with van der Waals surface area (Å²) < 4.78 is 0. The number of amides is 1. The molecule has 0 bridgehead atoms. The van der Waals surface area contributed by atoms with Crippen molar-refractivity contribution >= 4 is 11.7 Å². The first-order valence-corrected chi connectivity index (χ1v) is 6.07. The van der Waals surface area contributed by atoms with Gasteiger partial charge in [0.15, 0.2) is 5.82 Å². The van der Waals surface area contributed by atoms with E-state index in [4.69, 9.17) is 0 Å². The number of rotatable bonds is 3. The summed E-state index contributed by atoms with van der Waals surface area (Å²) >= 11 is 0. The molecule has 2 rings (SSSR count). The van der Waals surface area contributed by atoms with Gasteiger partial charge < -0.3 is 10.6 Å². The average Bonchev–Trinajstić information content (AvgIpc) is 2.40. The van der Waals surface area contributed by atoms with Gasteiger partial charge in [0.1, 0.15) is 0 Å². The highest BCUT2D eigenvalue weighted by Crippen LogP contribution is 2.33. The van der Waals surface area contributed by atoms with Crippen molar-refractivity contribution in [2.24, 2.45) is 5.41 Å². The Bertz CT molecular complexity index is 373. The van der Waals surface area contributed by atoms with Crippen LogP contribution in [0.5, 0.6) is 0 Å². The van der Waals surface area contributed by atoms with Crippen LogP contribution >= 0.6 is 0 Å². The SMILES string of the molecule is CCC1(C(=O)Nc2cccnn2)CCNCC1. The summed E-state index contributed by atoms with van der Waals surface area (Å²) in [5.74, 6) is 0.603. The molecule has 0 aliphatic carbocycles. The summed E-state index contributed by atoms with van der Waals surface area (Å²) in [4.78, 5) is 12.3. The van der Waals surface area contributed by atoms with E-state index in [2.05, 4.69) is 27.8 Å². The Morgan fingerprint density at radius 1 is 1.53 bits per heavy atom. The smallest absolute Gasteiger partial charge is 0.231 e. The molecule has 5 nitrogen and oxygen atoms in total. The number of piperidine rings is 1. The number of nitrogens with one attached hydrogen (secondary N) is 2. The Morgan fingerprint density at radius 3 is 2.88 bits per heavy atom. The van der Waals surface area contributed by atoms with E-state index >= 15 is 0 Å². The van der Waals surface area contributed by atoms with Gasteiger partial charge in [0, 0.05) is 6.20 Å². The van der Waals surface area contributed by atoms with Gasteiger partial charge in [-0.15, -0.1) is 5.10 Å². The second kappa shape index (κ2) is 5.23. The van der Waals surface area contributed by atoms with E-state index in [9.17, 15) is 4.79 Å². The number of carbonyl (C=O) groups is 1. The van der Waals surface area contributed by atoms with Crippen molar-refractivity contribution in [1.82, 2.24) is 15.5 Å². The molecule has 92 valence electrons. The minimum Gasteiger partial charge on any atom is -0.317 e. The van der Waals surface area contributed by atoms with Crippen LogP contribution in [0.25, 0.3) is 0 Å². The Labute approximate surface area is 101 Å². The zero-order valence-electron chi connectivity index (χ0n) is 10.1. The second-order valence-corrected chi connectivity index (χ2v) is 4.45. The van der Waals surface area contributed by atoms with Gasteiger partial charge in [0.25, 0.3) is 0 Å². The Hall–Kier alpha value is -1.49. The molecule has 0 aromatic carbocycles. The first kappa shape index (κ1) is 12.0. The molecule has 1 aromatic rings. The lowest BCUT2D eigenvalue weighted by Gasteiger charge is -2.35. The third kappa shape index (κ3) is 2.61. The molecule has 0 atom stereocenters. The van der Waals surface area contributed by atoms with Crippen molar-refractivity contribution in [2.45, 2.75) is 26.2 Å². The van der Waals surface area contributed by atoms with Crippen LogP contribution in [-0.2, 0) is 4.79 Å². The van der Waals surface area contributed by atoms with Crippen molar-refractivity contribution in [1.29, 1.82) is 0 Å². The predicted octanol–water partition coefficient (Wildman–Crippen LogP) is 1.19. The molecule has 0 unspecified atom stereocenters. The van der Waals surface area contributed by atoms with Gasteiger partial charge in [-0.25, -0.2) is 0 Å². The molecule has 0 radical (unpaired) electrons. The maximum absolute atomic E-state index is 12.3. The third-order valence-corrected chi connectivity index (χ3v) is 3.53. The van der Waals surface area contributed by atoms with Gasteiger partial charge in [-0.3, -0.25) is 4.79 Å². The lowest BCUT2D eigenvalue weighted by molar-refractivity contribution is -0.127. The normalized spacial score (nSPS) is 18.6. The van der Waals surface area contributed by atoms with Crippen LogP contribution < -0.4 is 10.6 Å². The van der Waals surface area contributed by atoms with Crippen LogP contribution in [0, 0.1) is 5.41 Å². The molecule has 1 aliphatic rings. The molecule has 5 heteroatoms. The topological polar surface area (TPSA) is 66.9 Å². The molecular weight excluding hydrogens is 216 g/mol. The minimum atomic E-state index is -0.247. The van der Waals surface area contributed by atoms with Crippen LogP contribution in [0.2, 0.25) is 0 Å². The number of hydrogen-bond donors (Lipinski definition) is 2. The van der Waals surface area contributed by atoms with Crippen LogP contribution in [0.15, 0.2) is 18.3 Å². The fourth-order valence-electron chi connectivity index (χ4n) is 2.26. The van der Waals surface area contributed by atoms with Gasteiger partial charge in [-0.2, -0.15) is 5.10 Å². The monoisotopic (exact) mass is 234 g/mol. The van der Waals surface area contributed by atoms with Gasteiger partial charge in [-0.1, -0.05) is 6.92 Å². The highest BCUT2D eigenvalue weighted by Gasteiger charge is 2.37. The van der Waals surface area contributed by atoms with Crippen molar-refractivity contribution in [3.63, 3.8) is 0 Å². The molecule has 1 saturated heterocycles. The van der Waals surface area contributed by atoms with Gasteiger partial charge in [-0.05, 0) is 44.5 Å². The maximum atomic E-state index is 12.3. The van der Waals surface area contributed by atoms with Crippen molar-refractivity contribution < 1.29 is 4.79 Å². The predicted molar refractivity (Wildman–Crippen MR) is 65.5 cm³/mol. The summed E-state index contributed by atoms with van der Waals surface area (Å²) in [5, 5.41) is 13.8. The molecule has 0 spiro atoms. The summed E-state index contributed by atoms with van der Waals surface area (Å²) in [6.45, 7) is 3.88. The first-order chi connectivity index (χ1) is 8.27. The lowest BCUT2D eigenvalue weighted by atomic mass is 9.76. The molecule has 1 amide bonds. The fraction of sp³-hybridized carbons (Fsp3) is 0.583. The first-order valence-electron chi connectivity index (χ1n) is 6.07. The zero-order chi connectivity index (χ0) is 12.1. The molecule has 1 aromatic heterocycles. The summed E-state index contributed by atoms with van der Waals surface area (Å²) in [6, 6.07) is 3.53. The number of carbonyl (C=O) groups excluding carboxylic acids is 1. The van der Waals surface area contributed by atoms with E-state index in [0.29, 0.717) is 5.82 Å². The van der Waals surface area contributed by atoms with Gasteiger partial charge in [0.2, 0.25) is 5.91 Å². The Morgan fingerprint density at radius 2 is 2.29 bits per heavy atom. The van der Waals surface area contributed by atoms with Crippen molar-refractivity contribution in [2.75, 3.05) is 18.4 Å². The number of anilines is 1. The largest absolute Gasteiger partial charge is 0.317 e. The molecule has 1 aliphatic heterocycles. The van der Waals surface area contributed by atoms with Crippen LogP contribution in [0.3, 0.4) is 0 Å². The van der Waals surface area contributed by atoms with E-state index in [1.54, 1.807) is 18.3 Å². The van der Waals surface area contributed by atoms with Gasteiger partial charge in [0.05, 0.1) is 5.41 Å². The standard InChI is InChI=1S/C12H18N4O/c1-2-12(5-8-13-9-6-12)11(17)15-10-4-3-7-14-16-10/h3-4,7,13H,2,5-6,8-9H2,1H3,(H,15,16,17). The Kier molecular flexibility index (Phi) is 3.68. The van der Waals surface area contributed by atoms with Crippen molar-refractivity contribution in [3.05, 3.63) is 18.3 Å². The van der Waals surface area contributed by atoms with E-state index in [0.717, 1.165) is 32.4 Å². The molecule has 2 heterocycles. The van der Waals surface area contributed by atoms with Crippen LogP contribution in [-0.4, -0.2) is 29.2 Å². The molecule has 0 saturated carbocycles. The Balaban J connectivity index is 2.07. The molecular formula is C12H18N4O. The van der Waals surface area contributed by atoms with E-state index in [1.807, 2.05) is 0 Å². The number of aromatic nitrogens is 2. The zero-order valence-corrected chi connectivity index (χ0v) is 10.1. The highest BCUT2D eigenvalue weighted by atomic mass is 16.2. The van der Waals surface area contributed by atoms with E-state index < -0.39 is 0 Å². The van der Waals surface area contributed by atoms with Crippen molar-refractivity contribution in [3.8, 4) is 0 Å². The van der Waals surface area contributed by atoms with Crippen LogP contribution in [0.1, 0.15) is 26.2 Å². The summed E-state index contributed by atoms with van der Waals surface area (Å²) in [6.07, 6.45) is 4.22. The van der Waals surface area contributed by atoms with Gasteiger partial charge >= 0.3 is 0 Å². The lowest BCUT2D eigenvalue weighted by Crippen LogP contribution is -2.44. The minimum absolute atomic E-state index is 0.0713. The molecule has 17 heavy (non-hydrogen) atoms. The third-order valence-electron chi connectivity index (χ3n) is 3.53. The number of hydrogen-bond acceptors (Lipinski definition) is 4. The number of nitrogens with zero attached hydrogens (tertiary/aromatic N) is 2. The average molecular weight is 234 g/mol. The molecule has 2 N–H and O–H groups in total. The molecule has 1 fully saturated rings. The maximum Gasteiger partial charge on any atom is 0.231 e. The quantitative estimate of drug-likeness (QED) is 0.824. The second-order valence-electron chi connectivity index (χ2n) is 4.45. The van der Waals surface area contributed by atoms with E-state index in [1.165, 1.54) is 0 Å². The fourth-order valence-corrected chi connectivity index (χ4v) is 2.26. The van der Waals surface area contributed by atoms with Crippen LogP contribution in [0.4, 0.5) is 5.82 Å².